The first-order valence-corrected chi connectivity index (χ1v) is 10.8. The van der Waals surface area contributed by atoms with Crippen molar-refractivity contribution in [2.45, 2.75) is 58.0 Å². The second-order valence-electron chi connectivity index (χ2n) is 6.73. The first-order valence-electron chi connectivity index (χ1n) is 9.60. The van der Waals surface area contributed by atoms with Gasteiger partial charge in [-0.1, -0.05) is 36.4 Å². The fourth-order valence-corrected chi connectivity index (χ4v) is 4.09. The Bertz CT molecular complexity index is 715. The second-order valence-corrected chi connectivity index (χ2v) is 8.13. The largest absolute Gasteiger partial charge is 0.349 e. The Balaban J connectivity index is 1.44. The summed E-state index contributed by atoms with van der Waals surface area (Å²) in [5.74, 6) is 2.41. The zero-order valence-electron chi connectivity index (χ0n) is 15.5. The Kier molecular flexibility index (Phi) is 7.12. The van der Waals surface area contributed by atoms with Gasteiger partial charge in [-0.05, 0) is 54.7 Å². The molecule has 2 aromatic rings. The molecule has 6 heteroatoms. The van der Waals surface area contributed by atoms with Gasteiger partial charge in [0.1, 0.15) is 0 Å². The van der Waals surface area contributed by atoms with Crippen LogP contribution in [0.4, 0.5) is 0 Å². The highest BCUT2D eigenvalue weighted by Crippen LogP contribution is 2.29. The van der Waals surface area contributed by atoms with Crippen LogP contribution in [0.5, 0.6) is 0 Å². The van der Waals surface area contributed by atoms with E-state index in [1.165, 1.54) is 11.1 Å². The number of amides is 1. The molecule has 0 spiro atoms. The first-order chi connectivity index (χ1) is 12.8. The maximum Gasteiger partial charge on any atom is 0.222 e. The number of nitrogens with zero attached hydrogens (tertiary/aromatic N) is 3. The molecule has 1 N–H and O–H groups in total. The van der Waals surface area contributed by atoms with Crippen molar-refractivity contribution in [3.05, 3.63) is 47.3 Å². The van der Waals surface area contributed by atoms with Crippen LogP contribution in [0, 0.1) is 0 Å². The SMILES string of the molecule is CCSCCCc1cn(CCC(=O)N[C@H]2CCCc3ccccc32)nn1. The number of aromatic nitrogens is 3. The van der Waals surface area contributed by atoms with Gasteiger partial charge in [-0.15, -0.1) is 5.10 Å². The highest BCUT2D eigenvalue weighted by Gasteiger charge is 2.21. The molecule has 0 saturated carbocycles. The number of aryl methyl sites for hydroxylation is 3. The number of carbonyl (C=O) groups excluding carboxylic acids is 1. The first kappa shape index (κ1) is 19.0. The predicted octanol–water partition coefficient (Wildman–Crippen LogP) is 3.55. The number of thioether (sulfide) groups is 1. The van der Waals surface area contributed by atoms with Crippen LogP contribution in [0.15, 0.2) is 30.5 Å². The van der Waals surface area contributed by atoms with Crippen molar-refractivity contribution in [3.8, 4) is 0 Å². The van der Waals surface area contributed by atoms with Crippen LogP contribution in [0.25, 0.3) is 0 Å². The molecule has 1 aromatic heterocycles. The highest BCUT2D eigenvalue weighted by molar-refractivity contribution is 7.99. The third-order valence-corrected chi connectivity index (χ3v) is 5.77. The molecule has 0 unspecified atom stereocenters. The third kappa shape index (κ3) is 5.34. The van der Waals surface area contributed by atoms with Crippen molar-refractivity contribution in [1.82, 2.24) is 20.3 Å². The molecule has 1 heterocycles. The molecule has 0 radical (unpaired) electrons. The zero-order chi connectivity index (χ0) is 18.2. The molecular formula is C20H28N4OS. The standard InChI is InChI=1S/C20H28N4OS/c1-2-26-14-6-9-17-15-24(23-22-17)13-12-20(25)21-19-11-5-8-16-7-3-4-10-18(16)19/h3-4,7,10,15,19H,2,5-6,8-9,11-14H2,1H3,(H,21,25)/t19-/m0/s1. The van der Waals surface area contributed by atoms with Gasteiger partial charge in [0.05, 0.1) is 18.3 Å². The number of hydrogen-bond donors (Lipinski definition) is 1. The van der Waals surface area contributed by atoms with Crippen LogP contribution in [0.2, 0.25) is 0 Å². The lowest BCUT2D eigenvalue weighted by molar-refractivity contribution is -0.122. The lowest BCUT2D eigenvalue weighted by Crippen LogP contribution is -2.31. The Morgan fingerprint density at radius 1 is 1.38 bits per heavy atom. The van der Waals surface area contributed by atoms with Gasteiger partial charge in [-0.2, -0.15) is 11.8 Å². The summed E-state index contributed by atoms with van der Waals surface area (Å²) in [6.07, 6.45) is 7.75. The molecule has 5 nitrogen and oxygen atoms in total. The normalized spacial score (nSPS) is 16.3. The minimum atomic E-state index is 0.0862. The van der Waals surface area contributed by atoms with E-state index in [0.29, 0.717) is 13.0 Å². The van der Waals surface area contributed by atoms with Crippen LogP contribution >= 0.6 is 11.8 Å². The summed E-state index contributed by atoms with van der Waals surface area (Å²) in [6, 6.07) is 8.59. The molecule has 0 bridgehead atoms. The fraction of sp³-hybridized carbons (Fsp3) is 0.550. The van der Waals surface area contributed by atoms with E-state index in [4.69, 9.17) is 0 Å². The van der Waals surface area contributed by atoms with Crippen molar-refractivity contribution in [1.29, 1.82) is 0 Å². The van der Waals surface area contributed by atoms with E-state index >= 15 is 0 Å². The van der Waals surface area contributed by atoms with Gasteiger partial charge in [-0.25, -0.2) is 0 Å². The smallest absolute Gasteiger partial charge is 0.222 e. The van der Waals surface area contributed by atoms with Crippen molar-refractivity contribution in [3.63, 3.8) is 0 Å². The van der Waals surface area contributed by atoms with E-state index < -0.39 is 0 Å². The van der Waals surface area contributed by atoms with Crippen LogP contribution in [-0.2, 0) is 24.2 Å². The summed E-state index contributed by atoms with van der Waals surface area (Å²) in [5, 5.41) is 11.6. The quantitative estimate of drug-likeness (QED) is 0.684. The van der Waals surface area contributed by atoms with Crippen molar-refractivity contribution in [2.24, 2.45) is 0 Å². The summed E-state index contributed by atoms with van der Waals surface area (Å²) in [4.78, 5) is 12.4. The molecule has 1 aliphatic carbocycles. The van der Waals surface area contributed by atoms with E-state index in [1.807, 2.05) is 18.0 Å². The molecule has 140 valence electrons. The number of benzene rings is 1. The molecule has 1 atom stereocenters. The van der Waals surface area contributed by atoms with E-state index in [1.54, 1.807) is 4.68 Å². The molecule has 0 aliphatic heterocycles. The van der Waals surface area contributed by atoms with E-state index in [0.717, 1.165) is 49.3 Å². The fourth-order valence-electron chi connectivity index (χ4n) is 3.45. The summed E-state index contributed by atoms with van der Waals surface area (Å²) in [7, 11) is 0. The Hall–Kier alpha value is -1.82. The number of fused-ring (bicyclic) bond motifs is 1. The number of nitrogens with one attached hydrogen (secondary N) is 1. The second kappa shape index (κ2) is 9.76. The van der Waals surface area contributed by atoms with Gasteiger partial charge in [-0.3, -0.25) is 9.48 Å². The van der Waals surface area contributed by atoms with Crippen molar-refractivity contribution in [2.75, 3.05) is 11.5 Å². The highest BCUT2D eigenvalue weighted by atomic mass is 32.2. The Morgan fingerprint density at radius 2 is 2.27 bits per heavy atom. The van der Waals surface area contributed by atoms with Gasteiger partial charge in [0, 0.05) is 12.6 Å². The number of carbonyl (C=O) groups is 1. The number of rotatable bonds is 9. The summed E-state index contributed by atoms with van der Waals surface area (Å²) < 4.78 is 1.79. The minimum Gasteiger partial charge on any atom is -0.349 e. The number of hydrogen-bond acceptors (Lipinski definition) is 4. The van der Waals surface area contributed by atoms with Gasteiger partial charge in [0.25, 0.3) is 0 Å². The molecule has 3 rings (SSSR count). The Morgan fingerprint density at radius 3 is 3.15 bits per heavy atom. The minimum absolute atomic E-state index is 0.0862. The van der Waals surface area contributed by atoms with Crippen molar-refractivity contribution >= 4 is 17.7 Å². The van der Waals surface area contributed by atoms with Gasteiger partial charge < -0.3 is 5.32 Å². The predicted molar refractivity (Wildman–Crippen MR) is 106 cm³/mol. The summed E-state index contributed by atoms with van der Waals surface area (Å²) in [5.41, 5.74) is 3.66. The molecule has 1 amide bonds. The topological polar surface area (TPSA) is 59.8 Å². The average molecular weight is 373 g/mol. The van der Waals surface area contributed by atoms with Crippen molar-refractivity contribution < 1.29 is 4.79 Å². The van der Waals surface area contributed by atoms with Crippen LogP contribution in [0.3, 0.4) is 0 Å². The molecule has 0 fully saturated rings. The summed E-state index contributed by atoms with van der Waals surface area (Å²) >= 11 is 1.95. The molecule has 1 aromatic carbocycles. The lowest BCUT2D eigenvalue weighted by atomic mass is 9.88. The average Bonchev–Trinajstić information content (AvgIpc) is 3.12. The van der Waals surface area contributed by atoms with Gasteiger partial charge >= 0.3 is 0 Å². The maximum atomic E-state index is 12.4. The van der Waals surface area contributed by atoms with Crippen LogP contribution in [0.1, 0.15) is 55.5 Å². The Labute approximate surface area is 159 Å². The summed E-state index contributed by atoms with van der Waals surface area (Å²) in [6.45, 7) is 2.76. The molecular weight excluding hydrogens is 344 g/mol. The zero-order valence-corrected chi connectivity index (χ0v) is 16.3. The van der Waals surface area contributed by atoms with Gasteiger partial charge in [0.2, 0.25) is 5.91 Å². The lowest BCUT2D eigenvalue weighted by Gasteiger charge is -2.26. The third-order valence-electron chi connectivity index (χ3n) is 4.78. The van der Waals surface area contributed by atoms with E-state index in [-0.39, 0.29) is 11.9 Å². The molecule has 26 heavy (non-hydrogen) atoms. The van der Waals surface area contributed by atoms with Gasteiger partial charge in [0.15, 0.2) is 0 Å². The monoisotopic (exact) mass is 372 g/mol. The molecule has 0 saturated heterocycles. The maximum absolute atomic E-state index is 12.4. The van der Waals surface area contributed by atoms with E-state index in [9.17, 15) is 4.79 Å². The van der Waals surface area contributed by atoms with Crippen LogP contribution in [-0.4, -0.2) is 32.4 Å². The van der Waals surface area contributed by atoms with E-state index in [2.05, 4.69) is 46.8 Å². The molecule has 1 aliphatic rings. The van der Waals surface area contributed by atoms with Crippen LogP contribution < -0.4 is 5.32 Å².